The van der Waals surface area contributed by atoms with Gasteiger partial charge in [0.15, 0.2) is 5.82 Å². The van der Waals surface area contributed by atoms with Crippen LogP contribution in [0.4, 0.5) is 5.95 Å². The van der Waals surface area contributed by atoms with E-state index in [-0.39, 0.29) is 5.75 Å². The molecule has 2 aliphatic rings. The number of piperidine rings is 1. The molecule has 1 aromatic heterocycles. The first-order valence-electron chi connectivity index (χ1n) is 9.66. The fourth-order valence-corrected chi connectivity index (χ4v) is 4.10. The van der Waals surface area contributed by atoms with Crippen LogP contribution in [0.1, 0.15) is 18.4 Å². The molecule has 8 nitrogen and oxygen atoms in total. The summed E-state index contributed by atoms with van der Waals surface area (Å²) in [4.78, 5) is 9.57. The normalized spacial score (nSPS) is 19.2. The maximum Gasteiger partial charge on any atom is 0.224 e. The van der Waals surface area contributed by atoms with Gasteiger partial charge in [-0.1, -0.05) is 6.07 Å². The van der Waals surface area contributed by atoms with Gasteiger partial charge >= 0.3 is 0 Å². The van der Waals surface area contributed by atoms with E-state index in [2.05, 4.69) is 35.7 Å². The fraction of sp³-hybridized carbons (Fsp3) is 0.450. The molecular weight excluding hydrogens is 354 g/mol. The molecule has 1 aromatic carbocycles. The molecule has 0 bridgehead atoms. The maximum absolute atomic E-state index is 10.5. The van der Waals surface area contributed by atoms with Gasteiger partial charge in [0.2, 0.25) is 5.95 Å². The van der Waals surface area contributed by atoms with Crippen molar-refractivity contribution in [3.8, 4) is 17.1 Å². The highest BCUT2D eigenvalue weighted by atomic mass is 16.3. The lowest BCUT2D eigenvalue weighted by Gasteiger charge is -2.52. The van der Waals surface area contributed by atoms with Gasteiger partial charge in [-0.15, -0.1) is 10.2 Å². The average Bonchev–Trinajstić information content (AvgIpc) is 3.16. The van der Waals surface area contributed by atoms with E-state index < -0.39 is 0 Å². The van der Waals surface area contributed by atoms with Gasteiger partial charge in [0, 0.05) is 50.6 Å². The highest BCUT2D eigenvalue weighted by Gasteiger charge is 2.44. The number of phenolic OH excluding ortho intramolecular Hbond substituents is 1. The molecule has 148 valence electrons. The summed E-state index contributed by atoms with van der Waals surface area (Å²) in [5.41, 5.74) is 2.82. The minimum Gasteiger partial charge on any atom is -0.507 e. The average molecular weight is 381 g/mol. The summed E-state index contributed by atoms with van der Waals surface area (Å²) in [5.74, 6) is 1.51. The van der Waals surface area contributed by atoms with Crippen molar-refractivity contribution in [1.82, 2.24) is 25.8 Å². The minimum absolute atomic E-state index is 0.158. The predicted octanol–water partition coefficient (Wildman–Crippen LogP) is 1.63. The predicted molar refractivity (Wildman–Crippen MR) is 112 cm³/mol. The number of hydrogen-bond donors (Lipinski definition) is 4. The molecule has 28 heavy (non-hydrogen) atoms. The second-order valence-electron chi connectivity index (χ2n) is 7.61. The number of phenols is 1. The van der Waals surface area contributed by atoms with Crippen LogP contribution in [0.25, 0.3) is 17.0 Å². The number of hydrogen-bond acceptors (Lipinski definition) is 7. The SMILES string of the molecule is C/N=C\C(=C/NC)c1ccc(-c2nnc(N3CC4(CCNCC4)C3)[nH]2)c(O)c1. The van der Waals surface area contributed by atoms with Crippen LogP contribution in [0.3, 0.4) is 0 Å². The van der Waals surface area contributed by atoms with Gasteiger partial charge in [-0.25, -0.2) is 0 Å². The second kappa shape index (κ2) is 7.63. The summed E-state index contributed by atoms with van der Waals surface area (Å²) in [6, 6.07) is 5.51. The summed E-state index contributed by atoms with van der Waals surface area (Å²) in [6.45, 7) is 4.23. The molecular formula is C20H27N7O. The largest absolute Gasteiger partial charge is 0.507 e. The van der Waals surface area contributed by atoms with Crippen LogP contribution in [-0.2, 0) is 0 Å². The second-order valence-corrected chi connectivity index (χ2v) is 7.61. The summed E-state index contributed by atoms with van der Waals surface area (Å²) < 4.78 is 0. The lowest BCUT2D eigenvalue weighted by molar-refractivity contribution is 0.148. The van der Waals surface area contributed by atoms with E-state index in [9.17, 15) is 5.11 Å². The number of aromatic amines is 1. The maximum atomic E-state index is 10.5. The van der Waals surface area contributed by atoms with Crippen LogP contribution in [0.5, 0.6) is 5.75 Å². The zero-order valence-corrected chi connectivity index (χ0v) is 16.4. The molecule has 0 atom stereocenters. The van der Waals surface area contributed by atoms with Crippen LogP contribution in [0.15, 0.2) is 29.4 Å². The summed E-state index contributed by atoms with van der Waals surface area (Å²) >= 11 is 0. The zero-order valence-electron chi connectivity index (χ0n) is 16.4. The molecule has 2 saturated heterocycles. The van der Waals surface area contributed by atoms with Gasteiger partial charge in [-0.2, -0.15) is 0 Å². The number of nitrogens with one attached hydrogen (secondary N) is 3. The van der Waals surface area contributed by atoms with Gasteiger partial charge in [0.1, 0.15) is 5.75 Å². The molecule has 4 N–H and O–H groups in total. The first-order chi connectivity index (χ1) is 13.6. The van der Waals surface area contributed by atoms with Crippen molar-refractivity contribution in [1.29, 1.82) is 0 Å². The molecule has 0 saturated carbocycles. The molecule has 0 amide bonds. The Morgan fingerprint density at radius 2 is 2.07 bits per heavy atom. The van der Waals surface area contributed by atoms with Gasteiger partial charge in [0.05, 0.1) is 5.56 Å². The number of allylic oxidation sites excluding steroid dienone is 1. The fourth-order valence-electron chi connectivity index (χ4n) is 4.10. The number of aliphatic imine (C=N–C) groups is 1. The molecule has 2 aliphatic heterocycles. The van der Waals surface area contributed by atoms with E-state index in [1.807, 2.05) is 25.4 Å². The molecule has 2 fully saturated rings. The molecule has 4 rings (SSSR count). The Morgan fingerprint density at radius 1 is 1.29 bits per heavy atom. The van der Waals surface area contributed by atoms with Crippen molar-refractivity contribution >= 4 is 17.7 Å². The monoisotopic (exact) mass is 381 g/mol. The third kappa shape index (κ3) is 3.47. The Morgan fingerprint density at radius 3 is 2.75 bits per heavy atom. The van der Waals surface area contributed by atoms with Crippen molar-refractivity contribution in [3.63, 3.8) is 0 Å². The third-order valence-corrected chi connectivity index (χ3v) is 5.65. The first kappa shape index (κ1) is 18.5. The molecule has 0 radical (unpaired) electrons. The molecule has 8 heteroatoms. The lowest BCUT2D eigenvalue weighted by Crippen LogP contribution is -2.60. The van der Waals surface area contributed by atoms with Crippen LogP contribution in [0, 0.1) is 5.41 Å². The Labute approximate surface area is 164 Å². The molecule has 3 heterocycles. The van der Waals surface area contributed by atoms with Gasteiger partial charge in [0.25, 0.3) is 0 Å². The van der Waals surface area contributed by atoms with Gasteiger partial charge < -0.3 is 25.6 Å². The molecule has 0 aliphatic carbocycles. The third-order valence-electron chi connectivity index (χ3n) is 5.65. The molecule has 2 aromatic rings. The number of benzene rings is 1. The topological polar surface area (TPSA) is 101 Å². The van der Waals surface area contributed by atoms with Crippen molar-refractivity contribution in [2.24, 2.45) is 10.4 Å². The van der Waals surface area contributed by atoms with E-state index in [4.69, 9.17) is 0 Å². The summed E-state index contributed by atoms with van der Waals surface area (Å²) in [7, 11) is 3.55. The summed E-state index contributed by atoms with van der Waals surface area (Å²) in [5, 5.41) is 25.5. The Hall–Kier alpha value is -2.87. The van der Waals surface area contributed by atoms with Crippen LogP contribution >= 0.6 is 0 Å². The highest BCUT2D eigenvalue weighted by Crippen LogP contribution is 2.40. The Bertz CT molecular complexity index is 888. The van der Waals surface area contributed by atoms with Crippen molar-refractivity contribution in [2.45, 2.75) is 12.8 Å². The van der Waals surface area contributed by atoms with E-state index in [0.29, 0.717) is 16.8 Å². The number of H-pyrrole nitrogens is 1. The first-order valence-corrected chi connectivity index (χ1v) is 9.66. The van der Waals surface area contributed by atoms with Gasteiger partial charge in [-0.3, -0.25) is 4.99 Å². The van der Waals surface area contributed by atoms with Crippen LogP contribution in [-0.4, -0.2) is 66.8 Å². The van der Waals surface area contributed by atoms with Crippen molar-refractivity contribution < 1.29 is 5.11 Å². The number of anilines is 1. The lowest BCUT2D eigenvalue weighted by atomic mass is 9.72. The van der Waals surface area contributed by atoms with Gasteiger partial charge in [-0.05, 0) is 43.6 Å². The molecule has 0 unspecified atom stereocenters. The number of aromatic nitrogens is 3. The van der Waals surface area contributed by atoms with Crippen LogP contribution < -0.4 is 15.5 Å². The Balaban J connectivity index is 1.50. The summed E-state index contributed by atoms with van der Waals surface area (Å²) in [6.07, 6.45) is 6.03. The van der Waals surface area contributed by atoms with E-state index in [0.717, 1.165) is 43.3 Å². The van der Waals surface area contributed by atoms with Crippen molar-refractivity contribution in [3.05, 3.63) is 30.0 Å². The quantitative estimate of drug-likeness (QED) is 0.587. The number of aromatic hydroxyl groups is 1. The minimum atomic E-state index is 0.158. The number of rotatable bonds is 5. The smallest absolute Gasteiger partial charge is 0.224 e. The van der Waals surface area contributed by atoms with E-state index >= 15 is 0 Å². The van der Waals surface area contributed by atoms with Crippen LogP contribution in [0.2, 0.25) is 0 Å². The van der Waals surface area contributed by atoms with E-state index in [1.165, 1.54) is 12.8 Å². The zero-order chi connectivity index (χ0) is 19.6. The number of nitrogens with zero attached hydrogens (tertiary/aromatic N) is 4. The van der Waals surface area contributed by atoms with E-state index in [1.54, 1.807) is 19.3 Å². The van der Waals surface area contributed by atoms with Crippen molar-refractivity contribution in [2.75, 3.05) is 45.2 Å². The Kier molecular flexibility index (Phi) is 5.04. The highest BCUT2D eigenvalue weighted by molar-refractivity contribution is 6.09. The molecule has 1 spiro atoms. The standard InChI is InChI=1S/C20H27N7O/c1-21-10-15(11-22-2)14-3-4-16(17(28)9-14)18-24-19(26-25-18)27-12-20(13-27)5-7-23-8-6-20/h3-4,9-11,21,23,28H,5-8,12-13H2,1-2H3,(H,24,25,26)/b15-10+,22-11-.